The third kappa shape index (κ3) is 3.79. The molecule has 2 N–H and O–H groups in total. The molecule has 0 atom stereocenters. The lowest BCUT2D eigenvalue weighted by molar-refractivity contribution is 0.103. The van der Waals surface area contributed by atoms with Crippen molar-refractivity contribution < 1.29 is 22.0 Å². The van der Waals surface area contributed by atoms with Gasteiger partial charge in [-0.05, 0) is 47.5 Å². The first-order valence-electron chi connectivity index (χ1n) is 8.77. The Balaban J connectivity index is 1.88. The van der Waals surface area contributed by atoms with Gasteiger partial charge in [-0.25, -0.2) is 22.2 Å². The predicted molar refractivity (Wildman–Crippen MR) is 110 cm³/mol. The number of carbonyl (C=O) groups excluding carboxylic acids is 1. The first-order valence-corrected chi connectivity index (χ1v) is 10.7. The number of hydrogen-bond acceptors (Lipinski definition) is 4. The lowest BCUT2D eigenvalue weighted by Crippen LogP contribution is -2.09. The van der Waals surface area contributed by atoms with Crippen molar-refractivity contribution >= 4 is 32.5 Å². The van der Waals surface area contributed by atoms with Crippen molar-refractivity contribution in [1.82, 2.24) is 9.97 Å². The number of aromatic amines is 1. The minimum atomic E-state index is -3.47. The normalized spacial score (nSPS) is 11.6. The zero-order valence-electron chi connectivity index (χ0n) is 15.6. The Bertz CT molecular complexity index is 1400. The number of benzene rings is 2. The zero-order chi connectivity index (χ0) is 21.5. The molecule has 4 rings (SSSR count). The number of rotatable bonds is 5. The number of ketones is 1. The SMILES string of the molecule is CS(=O)(=O)Nc1cccc(-c2ccnc3[nH]cc(C(=O)c4cc(F)ccc4F)c23)c1. The van der Waals surface area contributed by atoms with E-state index in [1.165, 1.54) is 12.4 Å². The lowest BCUT2D eigenvalue weighted by Gasteiger charge is -2.09. The van der Waals surface area contributed by atoms with Gasteiger partial charge < -0.3 is 4.98 Å². The Hall–Kier alpha value is -3.59. The van der Waals surface area contributed by atoms with Crippen LogP contribution in [-0.4, -0.2) is 30.4 Å². The Kier molecular flexibility index (Phi) is 4.83. The number of carbonyl (C=O) groups is 1. The topological polar surface area (TPSA) is 91.9 Å². The summed E-state index contributed by atoms with van der Waals surface area (Å²) in [6, 6.07) is 11.0. The predicted octanol–water partition coefficient (Wildman–Crippen LogP) is 4.11. The Labute approximate surface area is 170 Å². The molecule has 0 saturated heterocycles. The fourth-order valence-electron chi connectivity index (χ4n) is 3.26. The highest BCUT2D eigenvalue weighted by molar-refractivity contribution is 7.92. The van der Waals surface area contributed by atoms with Gasteiger partial charge in [0.1, 0.15) is 17.3 Å². The molecule has 2 aromatic carbocycles. The molecule has 6 nitrogen and oxygen atoms in total. The van der Waals surface area contributed by atoms with E-state index >= 15 is 0 Å². The number of nitrogens with zero attached hydrogens (tertiary/aromatic N) is 1. The third-order valence-corrected chi connectivity index (χ3v) is 5.07. The maximum atomic E-state index is 14.2. The molecule has 0 aliphatic rings. The first-order chi connectivity index (χ1) is 14.2. The van der Waals surface area contributed by atoms with Crippen molar-refractivity contribution in [3.05, 3.63) is 83.7 Å². The van der Waals surface area contributed by atoms with Crippen LogP contribution in [0.15, 0.2) is 60.9 Å². The van der Waals surface area contributed by atoms with Gasteiger partial charge in [-0.2, -0.15) is 0 Å². The number of nitrogens with one attached hydrogen (secondary N) is 2. The molecule has 30 heavy (non-hydrogen) atoms. The van der Waals surface area contributed by atoms with Crippen LogP contribution < -0.4 is 4.72 Å². The molecule has 2 aromatic heterocycles. The second-order valence-corrected chi connectivity index (χ2v) is 8.44. The van der Waals surface area contributed by atoms with E-state index in [9.17, 15) is 22.0 Å². The van der Waals surface area contributed by atoms with Crippen LogP contribution in [0.4, 0.5) is 14.5 Å². The number of sulfonamides is 1. The van der Waals surface area contributed by atoms with Crippen LogP contribution in [0.25, 0.3) is 22.2 Å². The summed E-state index contributed by atoms with van der Waals surface area (Å²) in [5, 5.41) is 0.419. The average Bonchev–Trinajstić information content (AvgIpc) is 3.12. The molecule has 4 aromatic rings. The summed E-state index contributed by atoms with van der Waals surface area (Å²) in [5.74, 6) is -2.25. The van der Waals surface area contributed by atoms with E-state index in [0.29, 0.717) is 27.8 Å². The van der Waals surface area contributed by atoms with E-state index in [1.54, 1.807) is 30.3 Å². The van der Waals surface area contributed by atoms with Crippen molar-refractivity contribution in [1.29, 1.82) is 0 Å². The maximum Gasteiger partial charge on any atom is 0.229 e. The van der Waals surface area contributed by atoms with Gasteiger partial charge >= 0.3 is 0 Å². The van der Waals surface area contributed by atoms with Crippen molar-refractivity contribution in [2.75, 3.05) is 11.0 Å². The molecule has 152 valence electrons. The van der Waals surface area contributed by atoms with Crippen molar-refractivity contribution in [2.24, 2.45) is 0 Å². The minimum Gasteiger partial charge on any atom is -0.345 e. The van der Waals surface area contributed by atoms with E-state index in [0.717, 1.165) is 24.5 Å². The molecule has 0 radical (unpaired) electrons. The number of fused-ring (bicyclic) bond motifs is 1. The maximum absolute atomic E-state index is 14.2. The van der Waals surface area contributed by atoms with Gasteiger partial charge in [0.05, 0.1) is 17.4 Å². The van der Waals surface area contributed by atoms with Crippen molar-refractivity contribution in [3.8, 4) is 11.1 Å². The van der Waals surface area contributed by atoms with Gasteiger partial charge in [-0.15, -0.1) is 0 Å². The second kappa shape index (κ2) is 7.34. The molecular weight excluding hydrogens is 412 g/mol. The fraction of sp³-hybridized carbons (Fsp3) is 0.0476. The summed E-state index contributed by atoms with van der Waals surface area (Å²) in [6.45, 7) is 0. The second-order valence-electron chi connectivity index (χ2n) is 6.69. The molecule has 2 heterocycles. The minimum absolute atomic E-state index is 0.124. The number of pyridine rings is 1. The van der Waals surface area contributed by atoms with Crippen LogP contribution >= 0.6 is 0 Å². The van der Waals surface area contributed by atoms with E-state index < -0.39 is 33.0 Å². The van der Waals surface area contributed by atoms with Crippen LogP contribution in [0, 0.1) is 11.6 Å². The van der Waals surface area contributed by atoms with Crippen LogP contribution in [-0.2, 0) is 10.0 Å². The molecule has 0 spiro atoms. The molecule has 0 bridgehead atoms. The first kappa shape index (κ1) is 19.7. The standard InChI is InChI=1S/C21H15F2N3O3S/c1-30(28,29)26-14-4-2-3-12(9-14)15-7-8-24-21-19(15)17(11-25-21)20(27)16-10-13(22)5-6-18(16)23/h2-11,26H,1H3,(H,24,25). The summed E-state index contributed by atoms with van der Waals surface area (Å²) < 4.78 is 53.2. The Morgan fingerprint density at radius 2 is 1.87 bits per heavy atom. The van der Waals surface area contributed by atoms with E-state index in [-0.39, 0.29) is 5.56 Å². The number of halogens is 2. The molecule has 0 fully saturated rings. The van der Waals surface area contributed by atoms with Gasteiger partial charge in [0.25, 0.3) is 0 Å². The number of aromatic nitrogens is 2. The quantitative estimate of drug-likeness (QED) is 0.469. The van der Waals surface area contributed by atoms with Gasteiger partial charge in [-0.3, -0.25) is 9.52 Å². The molecule has 0 aliphatic heterocycles. The highest BCUT2D eigenvalue weighted by Crippen LogP contribution is 2.33. The molecule has 0 aliphatic carbocycles. The van der Waals surface area contributed by atoms with Crippen molar-refractivity contribution in [2.45, 2.75) is 0 Å². The average molecular weight is 427 g/mol. The Morgan fingerprint density at radius 1 is 1.07 bits per heavy atom. The van der Waals surface area contributed by atoms with E-state index in [4.69, 9.17) is 0 Å². The lowest BCUT2D eigenvalue weighted by atomic mass is 9.97. The van der Waals surface area contributed by atoms with Crippen LogP contribution in [0.5, 0.6) is 0 Å². The largest absolute Gasteiger partial charge is 0.345 e. The highest BCUT2D eigenvalue weighted by atomic mass is 32.2. The molecular formula is C21H15F2N3O3S. The van der Waals surface area contributed by atoms with Gasteiger partial charge in [0, 0.05) is 23.5 Å². The molecule has 0 amide bonds. The van der Waals surface area contributed by atoms with Crippen LogP contribution in [0.2, 0.25) is 0 Å². The number of hydrogen-bond donors (Lipinski definition) is 2. The highest BCUT2D eigenvalue weighted by Gasteiger charge is 2.21. The number of H-pyrrole nitrogens is 1. The summed E-state index contributed by atoms with van der Waals surface area (Å²) in [5.41, 5.74) is 1.66. The fourth-order valence-corrected chi connectivity index (χ4v) is 3.81. The van der Waals surface area contributed by atoms with Gasteiger partial charge in [-0.1, -0.05) is 12.1 Å². The van der Waals surface area contributed by atoms with Crippen molar-refractivity contribution in [3.63, 3.8) is 0 Å². The molecule has 0 unspecified atom stereocenters. The van der Waals surface area contributed by atoms with Crippen LogP contribution in [0.1, 0.15) is 15.9 Å². The summed E-state index contributed by atoms with van der Waals surface area (Å²) in [6.07, 6.45) is 3.97. The summed E-state index contributed by atoms with van der Waals surface area (Å²) >= 11 is 0. The summed E-state index contributed by atoms with van der Waals surface area (Å²) in [4.78, 5) is 20.1. The molecule has 9 heteroatoms. The van der Waals surface area contributed by atoms with Crippen LogP contribution in [0.3, 0.4) is 0 Å². The smallest absolute Gasteiger partial charge is 0.229 e. The Morgan fingerprint density at radius 3 is 2.63 bits per heavy atom. The summed E-state index contributed by atoms with van der Waals surface area (Å²) in [7, 11) is -3.47. The van der Waals surface area contributed by atoms with Gasteiger partial charge in [0.15, 0.2) is 5.78 Å². The molecule has 0 saturated carbocycles. The zero-order valence-corrected chi connectivity index (χ0v) is 16.4. The van der Waals surface area contributed by atoms with Gasteiger partial charge in [0.2, 0.25) is 10.0 Å². The monoisotopic (exact) mass is 427 g/mol. The number of anilines is 1. The third-order valence-electron chi connectivity index (χ3n) is 4.47. The van der Waals surface area contributed by atoms with E-state index in [1.807, 2.05) is 0 Å². The van der Waals surface area contributed by atoms with E-state index in [2.05, 4.69) is 14.7 Å².